The zero-order valence-electron chi connectivity index (χ0n) is 12.3. The molecule has 0 unspecified atom stereocenters. The Kier molecular flexibility index (Phi) is 43.7. The van der Waals surface area contributed by atoms with Gasteiger partial charge in [0.25, 0.3) is 0 Å². The van der Waals surface area contributed by atoms with Crippen LogP contribution in [0.4, 0.5) is 0 Å². The number of hydrogen-bond donors (Lipinski definition) is 0. The van der Waals surface area contributed by atoms with Gasteiger partial charge in [-0.05, 0) is 0 Å². The van der Waals surface area contributed by atoms with Crippen LogP contribution in [0.15, 0.2) is 10.7 Å². The van der Waals surface area contributed by atoms with Gasteiger partial charge in [-0.2, -0.15) is 0 Å². The van der Waals surface area contributed by atoms with Crippen LogP contribution in [0, 0.1) is 9.81 Å². The Morgan fingerprint density at radius 2 is 1.00 bits per heavy atom. The molecule has 0 fully saturated rings. The van der Waals surface area contributed by atoms with Crippen LogP contribution < -0.4 is 118 Å². The van der Waals surface area contributed by atoms with Crippen LogP contribution in [-0.2, 0) is 19.3 Å². The van der Waals surface area contributed by atoms with Gasteiger partial charge in [-0.3, -0.25) is 9.68 Å². The van der Waals surface area contributed by atoms with Gasteiger partial charge in [0.15, 0.2) is 10.7 Å². The molecule has 0 aliphatic rings. The topological polar surface area (TPSA) is 111 Å². The van der Waals surface area contributed by atoms with Crippen LogP contribution >= 0.6 is 0 Å². The zero-order chi connectivity index (χ0) is 7.98. The van der Waals surface area contributed by atoms with Gasteiger partial charge in [-0.15, -0.1) is 9.81 Å². The first-order valence-electron chi connectivity index (χ1n) is 1.80. The van der Waals surface area contributed by atoms with Crippen molar-refractivity contribution >= 4 is 11.9 Å². The van der Waals surface area contributed by atoms with Crippen LogP contribution in [0.3, 0.4) is 0 Å². The third-order valence-electron chi connectivity index (χ3n) is 0.407. The molecule has 0 atom stereocenters. The SMILES string of the molecule is O=NOC(=O)C(=O)ON=O.[H-].[H-].[H-].[H-].[Na+].[Na+].[Na+].[Na+]. The first-order chi connectivity index (χ1) is 4.72. The van der Waals surface area contributed by atoms with E-state index >= 15 is 0 Å². The molecule has 14 heavy (non-hydrogen) atoms. The van der Waals surface area contributed by atoms with Crippen LogP contribution in [0.5, 0.6) is 0 Å². The van der Waals surface area contributed by atoms with Gasteiger partial charge < -0.3 is 5.71 Å². The fraction of sp³-hybridized carbons (Fsp3) is 0. The zero-order valence-corrected chi connectivity index (χ0v) is 16.3. The molecule has 0 bridgehead atoms. The fourth-order valence-corrected chi connectivity index (χ4v) is 0.142. The summed E-state index contributed by atoms with van der Waals surface area (Å²) in [5, 5.41) is 3.19. The molecule has 0 aromatic carbocycles. The first kappa shape index (κ1) is 29.8. The molecule has 0 saturated heterocycles. The average molecular weight is 244 g/mol. The maximum Gasteiger partial charge on any atom is 1.00 e. The van der Waals surface area contributed by atoms with Gasteiger partial charge in [0.1, 0.15) is 0 Å². The molecule has 0 heterocycles. The van der Waals surface area contributed by atoms with Gasteiger partial charge in [0.05, 0.1) is 0 Å². The molecule has 0 radical (unpaired) electrons. The molecule has 0 rings (SSSR count). The van der Waals surface area contributed by atoms with E-state index in [1.807, 2.05) is 0 Å². The second-order valence-corrected chi connectivity index (χ2v) is 0.907. The maximum absolute atomic E-state index is 9.94. The van der Waals surface area contributed by atoms with E-state index in [2.05, 4.69) is 9.68 Å². The second kappa shape index (κ2) is 20.5. The molecule has 12 heteroatoms. The van der Waals surface area contributed by atoms with Crippen LogP contribution in [0.2, 0.25) is 0 Å². The summed E-state index contributed by atoms with van der Waals surface area (Å²) in [7, 11) is 0. The minimum atomic E-state index is -1.70. The second-order valence-electron chi connectivity index (χ2n) is 0.907. The van der Waals surface area contributed by atoms with E-state index in [0.29, 0.717) is 0 Å². The van der Waals surface area contributed by atoms with Crippen molar-refractivity contribution in [2.75, 3.05) is 0 Å². The summed E-state index contributed by atoms with van der Waals surface area (Å²) in [6.07, 6.45) is 0. The summed E-state index contributed by atoms with van der Waals surface area (Å²) in [6.45, 7) is 0. The number of carbonyl (C=O) groups is 2. The van der Waals surface area contributed by atoms with E-state index in [-0.39, 0.29) is 124 Å². The Morgan fingerprint density at radius 3 is 1.14 bits per heavy atom. The van der Waals surface area contributed by atoms with Crippen molar-refractivity contribution in [2.24, 2.45) is 10.7 Å². The summed E-state index contributed by atoms with van der Waals surface area (Å²) in [5.41, 5.74) is 0. The summed E-state index contributed by atoms with van der Waals surface area (Å²) < 4.78 is 0. The Morgan fingerprint density at radius 1 is 0.786 bits per heavy atom. The maximum atomic E-state index is 9.94. The predicted molar refractivity (Wildman–Crippen MR) is 28.2 cm³/mol. The van der Waals surface area contributed by atoms with E-state index in [9.17, 15) is 9.59 Å². The van der Waals surface area contributed by atoms with Gasteiger partial charge in [-0.25, -0.2) is 9.59 Å². The Balaban J connectivity index is -0.0000000145. The van der Waals surface area contributed by atoms with E-state index < -0.39 is 11.9 Å². The molecule has 0 amide bonds. The van der Waals surface area contributed by atoms with Crippen molar-refractivity contribution in [2.45, 2.75) is 0 Å². The number of nitrogens with zero attached hydrogens (tertiary/aromatic N) is 2. The molecule has 0 saturated carbocycles. The van der Waals surface area contributed by atoms with E-state index in [0.717, 1.165) is 0 Å². The molecule has 0 aromatic rings. The van der Waals surface area contributed by atoms with Crippen molar-refractivity contribution in [3.63, 3.8) is 0 Å². The number of hydrogen-bond acceptors (Lipinski definition) is 8. The van der Waals surface area contributed by atoms with E-state index in [4.69, 9.17) is 9.81 Å². The predicted octanol–water partition coefficient (Wildman–Crippen LogP) is -12.1. The third kappa shape index (κ3) is 16.6. The number of rotatable bonds is 2. The molecule has 0 aromatic heterocycles. The van der Waals surface area contributed by atoms with E-state index in [1.165, 1.54) is 0 Å². The summed E-state index contributed by atoms with van der Waals surface area (Å²) in [5.74, 6) is -3.40. The quantitative estimate of drug-likeness (QED) is 0.206. The molecule has 8 nitrogen and oxygen atoms in total. The molecule has 62 valence electrons. The number of carbonyl (C=O) groups excluding carboxylic acids is 2. The first-order valence-corrected chi connectivity index (χ1v) is 1.80. The van der Waals surface area contributed by atoms with Crippen molar-refractivity contribution in [3.8, 4) is 0 Å². The fourth-order valence-electron chi connectivity index (χ4n) is 0.142. The van der Waals surface area contributed by atoms with Gasteiger partial charge in [0.2, 0.25) is 0 Å². The van der Waals surface area contributed by atoms with Crippen molar-refractivity contribution < 1.29 is 143 Å². The molecular formula is C2H4N2Na4O6. The summed E-state index contributed by atoms with van der Waals surface area (Å²) >= 11 is 0. The largest absolute Gasteiger partial charge is 1.00 e. The molecule has 0 spiro atoms. The van der Waals surface area contributed by atoms with Gasteiger partial charge in [-0.1, -0.05) is 0 Å². The molecule has 0 aliphatic carbocycles. The van der Waals surface area contributed by atoms with Gasteiger partial charge in [0, 0.05) is 0 Å². The summed E-state index contributed by atoms with van der Waals surface area (Å²) in [6, 6.07) is 0. The minimum Gasteiger partial charge on any atom is -1.00 e. The minimum absolute atomic E-state index is 0. The Bertz CT molecular complexity index is 180. The Hall–Kier alpha value is 2.14. The van der Waals surface area contributed by atoms with Crippen molar-refractivity contribution in [1.82, 2.24) is 0 Å². The average Bonchev–Trinajstić information content (AvgIpc) is 1.89. The van der Waals surface area contributed by atoms with E-state index in [1.54, 1.807) is 10.7 Å². The third-order valence-corrected chi connectivity index (χ3v) is 0.407. The van der Waals surface area contributed by atoms with Crippen molar-refractivity contribution in [1.29, 1.82) is 0 Å². The van der Waals surface area contributed by atoms with Crippen LogP contribution in [-0.4, -0.2) is 11.9 Å². The molecular weight excluding hydrogens is 240 g/mol. The normalized spacial score (nSPS) is 5.43. The van der Waals surface area contributed by atoms with Crippen LogP contribution in [0.25, 0.3) is 0 Å². The summed E-state index contributed by atoms with van der Waals surface area (Å²) in [4.78, 5) is 44.5. The smallest absolute Gasteiger partial charge is 1.00 e. The monoisotopic (exact) mass is 244 g/mol. The molecule has 0 N–H and O–H groups in total. The standard InChI is InChI=1S/C2N2O6.4Na.4H/c5-1(9-3-7)2(6)10-4-8;;;;;;;;/q;4*+1;4*-1. The Labute approximate surface area is 173 Å². The van der Waals surface area contributed by atoms with Gasteiger partial charge >= 0.3 is 130 Å². The van der Waals surface area contributed by atoms with Crippen molar-refractivity contribution in [3.05, 3.63) is 9.81 Å². The van der Waals surface area contributed by atoms with Crippen LogP contribution in [0.1, 0.15) is 5.71 Å². The molecule has 0 aliphatic heterocycles.